The molecule has 0 aliphatic heterocycles. The van der Waals surface area contributed by atoms with Gasteiger partial charge < -0.3 is 9.80 Å². The third-order valence-electron chi connectivity index (χ3n) is 17.7. The topological polar surface area (TPSA) is 6.48 Å². The van der Waals surface area contributed by atoms with Gasteiger partial charge in [-0.3, -0.25) is 0 Å². The Morgan fingerprint density at radius 1 is 0.386 bits per heavy atom. The maximum absolute atomic E-state index is 2.63. The zero-order chi connectivity index (χ0) is 47.1. The first-order chi connectivity index (χ1) is 34.3. The van der Waals surface area contributed by atoms with Crippen molar-refractivity contribution in [2.24, 2.45) is 0 Å². The maximum atomic E-state index is 2.63. The average Bonchev–Trinajstić information content (AvgIpc) is 3.78. The van der Waals surface area contributed by atoms with Crippen molar-refractivity contribution in [1.29, 1.82) is 0 Å². The van der Waals surface area contributed by atoms with Crippen LogP contribution in [0.2, 0.25) is 0 Å². The lowest BCUT2D eigenvalue weighted by molar-refractivity contribution is 0.445. The first-order valence-electron chi connectivity index (χ1n) is 26.8. The van der Waals surface area contributed by atoms with Gasteiger partial charge in [0.15, 0.2) is 0 Å². The van der Waals surface area contributed by atoms with Gasteiger partial charge in [0.2, 0.25) is 0 Å². The van der Waals surface area contributed by atoms with E-state index in [0.717, 1.165) is 12.8 Å². The number of hydrogen-bond acceptors (Lipinski definition) is 2. The number of anilines is 6. The van der Waals surface area contributed by atoms with Crippen molar-refractivity contribution in [2.75, 3.05) is 9.80 Å². The normalized spacial score (nSPS) is 18.2. The van der Waals surface area contributed by atoms with E-state index in [1.165, 1.54) is 159 Å². The largest absolute Gasteiger partial charge is 0.310 e. The van der Waals surface area contributed by atoms with E-state index in [1.54, 1.807) is 16.7 Å². The van der Waals surface area contributed by atoms with Crippen LogP contribution in [0.1, 0.15) is 150 Å². The molecule has 2 nitrogen and oxygen atoms in total. The summed E-state index contributed by atoms with van der Waals surface area (Å²) < 4.78 is 0. The first-order valence-corrected chi connectivity index (χ1v) is 26.8. The van der Waals surface area contributed by atoms with E-state index in [2.05, 4.69) is 207 Å². The van der Waals surface area contributed by atoms with Gasteiger partial charge in [0, 0.05) is 45.0 Å². The zero-order valence-corrected chi connectivity index (χ0v) is 41.7. The van der Waals surface area contributed by atoms with Gasteiger partial charge in [0.25, 0.3) is 0 Å². The van der Waals surface area contributed by atoms with E-state index in [4.69, 9.17) is 0 Å². The number of allylic oxidation sites excluding steroid dienone is 4. The van der Waals surface area contributed by atoms with Crippen LogP contribution in [0.15, 0.2) is 175 Å². The van der Waals surface area contributed by atoms with Gasteiger partial charge in [-0.2, -0.15) is 0 Å². The molecule has 0 N–H and O–H groups in total. The minimum Gasteiger partial charge on any atom is -0.310 e. The fourth-order valence-corrected chi connectivity index (χ4v) is 14.2. The molecule has 8 aromatic rings. The highest BCUT2D eigenvalue weighted by Crippen LogP contribution is 2.55. The van der Waals surface area contributed by atoms with Crippen molar-refractivity contribution in [3.8, 4) is 11.1 Å². The van der Waals surface area contributed by atoms with Gasteiger partial charge in [-0.15, -0.1) is 0 Å². The molecule has 2 saturated carbocycles. The molecular weight excluding hydrogens is 845 g/mol. The van der Waals surface area contributed by atoms with Gasteiger partial charge in [0.05, 0.1) is 0 Å². The molecule has 8 aromatic carbocycles. The summed E-state index contributed by atoms with van der Waals surface area (Å²) in [7, 11) is 0. The molecule has 0 bridgehead atoms. The molecule has 0 unspecified atom stereocenters. The van der Waals surface area contributed by atoms with Crippen LogP contribution >= 0.6 is 0 Å². The Bertz CT molecular complexity index is 3390. The minimum atomic E-state index is -0.0926. The summed E-state index contributed by atoms with van der Waals surface area (Å²) in [5, 5.41) is 5.87. The van der Waals surface area contributed by atoms with Crippen LogP contribution < -0.4 is 9.80 Å². The average molecular weight is 911 g/mol. The Balaban J connectivity index is 1.04. The third kappa shape index (κ3) is 6.95. The predicted molar refractivity (Wildman–Crippen MR) is 298 cm³/mol. The van der Waals surface area contributed by atoms with Crippen LogP contribution in [0.3, 0.4) is 0 Å². The zero-order valence-electron chi connectivity index (χ0n) is 41.7. The molecule has 5 aliphatic carbocycles. The van der Waals surface area contributed by atoms with Crippen LogP contribution in [-0.2, 0) is 10.8 Å². The Morgan fingerprint density at radius 3 is 1.41 bits per heavy atom. The molecule has 0 spiro atoms. The van der Waals surface area contributed by atoms with Crippen molar-refractivity contribution in [3.63, 3.8) is 0 Å². The standard InChI is InChI=1S/C68H66N2/c1-67(2)61-31-19-17-29-53(61)55-37-33-51(43-63(55)67)69(47-25-13-7-14-26-47)49-35-39-57-59(41-49)66(46-23-11-6-12-24-46)60-42-50(36-40-58(60)65(57)45-21-9-5-10-22-45)70(48-27-15-8-16-28-48)52-34-38-56-54-30-18-20-32-62(54)68(3,4)64(56)44-52/h7-8,13-19,25-31,33-46H,5-6,9-12,20-24,32H2,1-4H3. The number of rotatable bonds is 8. The summed E-state index contributed by atoms with van der Waals surface area (Å²) in [5.74, 6) is 1.03. The van der Waals surface area contributed by atoms with E-state index >= 15 is 0 Å². The predicted octanol–water partition coefficient (Wildman–Crippen LogP) is 19.7. The molecule has 0 heterocycles. The highest BCUT2D eigenvalue weighted by molar-refractivity contribution is 6.09. The van der Waals surface area contributed by atoms with Crippen LogP contribution in [0, 0.1) is 0 Å². The summed E-state index contributed by atoms with van der Waals surface area (Å²) in [6.07, 6.45) is 19.9. The number of benzene rings is 8. The van der Waals surface area contributed by atoms with Crippen molar-refractivity contribution in [1.82, 2.24) is 0 Å². The smallest absolute Gasteiger partial charge is 0.0468 e. The maximum Gasteiger partial charge on any atom is 0.0468 e. The Labute approximate surface area is 416 Å². The van der Waals surface area contributed by atoms with Crippen LogP contribution in [-0.4, -0.2) is 0 Å². The highest BCUT2D eigenvalue weighted by atomic mass is 15.1. The number of fused-ring (bicyclic) bond motifs is 7. The fraction of sp³-hybridized carbons (Fsp3) is 0.294. The molecule has 0 aromatic heterocycles. The second kappa shape index (κ2) is 17.0. The summed E-state index contributed by atoms with van der Waals surface area (Å²) >= 11 is 0. The molecule has 5 aliphatic rings. The fourth-order valence-electron chi connectivity index (χ4n) is 14.2. The summed E-state index contributed by atoms with van der Waals surface area (Å²) in [6.45, 7) is 9.70. The minimum absolute atomic E-state index is 0.00845. The van der Waals surface area contributed by atoms with Crippen LogP contribution in [0.25, 0.3) is 38.2 Å². The molecule has 70 heavy (non-hydrogen) atoms. The SMILES string of the molecule is CC1(C)C2=C(C=CCC2)c2ccc(N(c3ccccc3)c3ccc4c(C5CCCCC5)c5ccc(N(c6ccccc6)c6ccc7c(c6)C(C)(C)c6ccccc6-7)cc5c(C5CCCCC5)c4c3)cc21. The molecule has 348 valence electrons. The van der Waals surface area contributed by atoms with Gasteiger partial charge in [-0.25, -0.2) is 0 Å². The first kappa shape index (κ1) is 43.4. The van der Waals surface area contributed by atoms with E-state index in [0.29, 0.717) is 11.8 Å². The van der Waals surface area contributed by atoms with Gasteiger partial charge in [-0.1, -0.05) is 169 Å². The lowest BCUT2D eigenvalue weighted by Crippen LogP contribution is -2.19. The van der Waals surface area contributed by atoms with E-state index in [1.807, 2.05) is 0 Å². The second-order valence-corrected chi connectivity index (χ2v) is 22.4. The van der Waals surface area contributed by atoms with Crippen molar-refractivity contribution in [2.45, 2.75) is 127 Å². The van der Waals surface area contributed by atoms with E-state index in [9.17, 15) is 0 Å². The molecule has 2 fully saturated rings. The van der Waals surface area contributed by atoms with E-state index in [-0.39, 0.29) is 10.8 Å². The van der Waals surface area contributed by atoms with Gasteiger partial charge in [-0.05, 0) is 195 Å². The molecular formula is C68H66N2. The van der Waals surface area contributed by atoms with Gasteiger partial charge in [0.1, 0.15) is 0 Å². The molecule has 0 atom stereocenters. The number of nitrogens with zero attached hydrogens (tertiary/aromatic N) is 2. The summed E-state index contributed by atoms with van der Waals surface area (Å²) in [4.78, 5) is 5.10. The summed E-state index contributed by atoms with van der Waals surface area (Å²) in [5.41, 5.74) is 21.8. The van der Waals surface area contributed by atoms with E-state index < -0.39 is 0 Å². The van der Waals surface area contributed by atoms with Crippen molar-refractivity contribution in [3.05, 3.63) is 209 Å². The Kier molecular flexibility index (Phi) is 10.6. The molecule has 0 amide bonds. The van der Waals surface area contributed by atoms with Crippen molar-refractivity contribution >= 4 is 61.2 Å². The lowest BCUT2D eigenvalue weighted by Gasteiger charge is -2.33. The molecule has 2 heteroatoms. The Morgan fingerprint density at radius 2 is 0.843 bits per heavy atom. The monoisotopic (exact) mass is 911 g/mol. The molecule has 0 radical (unpaired) electrons. The van der Waals surface area contributed by atoms with Crippen LogP contribution in [0.4, 0.5) is 34.1 Å². The molecule has 13 rings (SSSR count). The van der Waals surface area contributed by atoms with Gasteiger partial charge >= 0.3 is 0 Å². The number of hydrogen-bond donors (Lipinski definition) is 0. The third-order valence-corrected chi connectivity index (χ3v) is 17.7. The van der Waals surface area contributed by atoms with Crippen LogP contribution in [0.5, 0.6) is 0 Å². The second-order valence-electron chi connectivity index (χ2n) is 22.4. The Hall–Kier alpha value is -6.64. The number of para-hydroxylation sites is 2. The lowest BCUT2D eigenvalue weighted by atomic mass is 9.74. The van der Waals surface area contributed by atoms with Crippen molar-refractivity contribution < 1.29 is 0 Å². The highest BCUT2D eigenvalue weighted by Gasteiger charge is 2.39. The quantitative estimate of drug-likeness (QED) is 0.140. The molecule has 0 saturated heterocycles. The summed E-state index contributed by atoms with van der Waals surface area (Å²) in [6, 6.07) is 61.2.